The third kappa shape index (κ3) is 4.13. The minimum Gasteiger partial charge on any atom is -0.490 e. The molecule has 7 nitrogen and oxygen atoms in total. The second-order valence-electron chi connectivity index (χ2n) is 8.78. The lowest BCUT2D eigenvalue weighted by Crippen LogP contribution is -2.52. The van der Waals surface area contributed by atoms with E-state index in [0.29, 0.717) is 24.4 Å². The van der Waals surface area contributed by atoms with Crippen molar-refractivity contribution in [3.8, 4) is 22.6 Å². The molecule has 0 atom stereocenters. The van der Waals surface area contributed by atoms with Crippen LogP contribution in [0.1, 0.15) is 21.6 Å². The minimum absolute atomic E-state index is 0.00851. The van der Waals surface area contributed by atoms with E-state index in [4.69, 9.17) is 9.47 Å². The van der Waals surface area contributed by atoms with Crippen LogP contribution < -0.4 is 9.47 Å². The number of hydrogen-bond donors (Lipinski definition) is 0. The fourth-order valence-electron chi connectivity index (χ4n) is 4.35. The van der Waals surface area contributed by atoms with Crippen LogP contribution in [-0.4, -0.2) is 52.7 Å². The number of rotatable bonds is 5. The number of likely N-dealkylation sites (tertiary alicyclic amines) is 1. The summed E-state index contributed by atoms with van der Waals surface area (Å²) < 4.78 is 41.6. The summed E-state index contributed by atoms with van der Waals surface area (Å²) in [4.78, 5) is 25.8. The van der Waals surface area contributed by atoms with Crippen LogP contribution in [0.15, 0.2) is 36.5 Å². The van der Waals surface area contributed by atoms with Gasteiger partial charge in [-0.1, -0.05) is 6.07 Å². The summed E-state index contributed by atoms with van der Waals surface area (Å²) in [6.07, 6.45) is 1.96. The zero-order valence-corrected chi connectivity index (χ0v) is 18.8. The van der Waals surface area contributed by atoms with Gasteiger partial charge in [0.25, 0.3) is 5.91 Å². The van der Waals surface area contributed by atoms with E-state index in [2.05, 4.69) is 5.10 Å². The molecule has 0 aliphatic carbocycles. The Labute approximate surface area is 194 Å². The maximum Gasteiger partial charge on any atom is 0.256 e. The predicted molar refractivity (Wildman–Crippen MR) is 119 cm³/mol. The molecule has 3 aromatic rings. The zero-order chi connectivity index (χ0) is 24.0. The van der Waals surface area contributed by atoms with Gasteiger partial charge in [-0.3, -0.25) is 14.3 Å². The van der Waals surface area contributed by atoms with Crippen LogP contribution in [0.2, 0.25) is 0 Å². The van der Waals surface area contributed by atoms with Crippen molar-refractivity contribution in [2.45, 2.75) is 13.3 Å². The van der Waals surface area contributed by atoms with Crippen molar-refractivity contribution in [1.29, 1.82) is 0 Å². The van der Waals surface area contributed by atoms with Gasteiger partial charge in [-0.2, -0.15) is 5.10 Å². The van der Waals surface area contributed by atoms with E-state index < -0.39 is 17.5 Å². The summed E-state index contributed by atoms with van der Waals surface area (Å²) in [5, 5.41) is 4.28. The van der Waals surface area contributed by atoms with Crippen molar-refractivity contribution in [2.24, 2.45) is 13.0 Å². The largest absolute Gasteiger partial charge is 0.490 e. The molecule has 2 aliphatic rings. The fraction of sp³-hybridized carbons (Fsp3) is 0.320. The Morgan fingerprint density at radius 1 is 1.21 bits per heavy atom. The number of halogens is 2. The van der Waals surface area contributed by atoms with Crippen molar-refractivity contribution in [2.75, 3.05) is 26.3 Å². The Morgan fingerprint density at radius 2 is 2.00 bits per heavy atom. The molecule has 34 heavy (non-hydrogen) atoms. The molecule has 0 N–H and O–H groups in total. The molecule has 0 unspecified atom stereocenters. The van der Waals surface area contributed by atoms with Crippen molar-refractivity contribution in [1.82, 2.24) is 14.7 Å². The molecular formula is C25H23F2N3O4. The Kier molecular flexibility index (Phi) is 5.55. The van der Waals surface area contributed by atoms with Gasteiger partial charge in [-0.05, 0) is 30.7 Å². The third-order valence-corrected chi connectivity index (χ3v) is 6.13. The van der Waals surface area contributed by atoms with Gasteiger partial charge >= 0.3 is 0 Å². The number of ketones is 1. The molecule has 2 aromatic carbocycles. The van der Waals surface area contributed by atoms with E-state index in [-0.39, 0.29) is 42.6 Å². The van der Waals surface area contributed by atoms with Gasteiger partial charge in [0.1, 0.15) is 18.2 Å². The molecule has 1 fully saturated rings. The average Bonchev–Trinajstić information content (AvgIpc) is 3.11. The number of ether oxygens (including phenoxy) is 2. The number of fused-ring (bicyclic) bond motifs is 1. The highest BCUT2D eigenvalue weighted by molar-refractivity contribution is 5.96. The molecule has 1 saturated heterocycles. The number of nitrogens with zero attached hydrogens (tertiary/aromatic N) is 3. The van der Waals surface area contributed by atoms with Gasteiger partial charge in [0.05, 0.1) is 17.9 Å². The predicted octanol–water partition coefficient (Wildman–Crippen LogP) is 3.33. The highest BCUT2D eigenvalue weighted by Gasteiger charge is 2.34. The van der Waals surface area contributed by atoms with E-state index in [9.17, 15) is 18.4 Å². The number of aryl methyl sites for hydroxylation is 2. The number of amides is 1. The Balaban J connectivity index is 1.18. The molecule has 0 radical (unpaired) electrons. The van der Waals surface area contributed by atoms with Crippen molar-refractivity contribution in [3.05, 3.63) is 65.0 Å². The molecule has 5 rings (SSSR count). The number of Topliss-reactive ketones (excluding diaryl/α,β-unsaturated/α-hetero) is 1. The van der Waals surface area contributed by atoms with Gasteiger partial charge in [0.2, 0.25) is 0 Å². The van der Waals surface area contributed by atoms with E-state index in [0.717, 1.165) is 22.9 Å². The first kappa shape index (κ1) is 22.1. The molecule has 2 aliphatic heterocycles. The van der Waals surface area contributed by atoms with Crippen LogP contribution in [0.3, 0.4) is 0 Å². The molecule has 0 spiro atoms. The van der Waals surface area contributed by atoms with Crippen molar-refractivity contribution in [3.63, 3.8) is 0 Å². The highest BCUT2D eigenvalue weighted by atomic mass is 19.1. The quantitative estimate of drug-likeness (QED) is 0.576. The Bertz CT molecular complexity index is 1300. The summed E-state index contributed by atoms with van der Waals surface area (Å²) in [5.74, 6) is -1.26. The van der Waals surface area contributed by atoms with Gasteiger partial charge in [0, 0.05) is 55.9 Å². The lowest BCUT2D eigenvalue weighted by molar-refractivity contribution is -0.121. The SMILES string of the molecule is Cc1nn(C)cc1-c1ccc(OCC2CN(C(=O)c3cc4c(cc3F)OCC(=O)C4)C2)c(F)c1. The molecule has 176 valence electrons. The first-order valence-corrected chi connectivity index (χ1v) is 11.0. The lowest BCUT2D eigenvalue weighted by atomic mass is 9.97. The highest BCUT2D eigenvalue weighted by Crippen LogP contribution is 2.30. The summed E-state index contributed by atoms with van der Waals surface area (Å²) in [5.41, 5.74) is 2.82. The molecule has 0 bridgehead atoms. The van der Waals surface area contributed by atoms with Crippen LogP contribution in [0.4, 0.5) is 8.78 Å². The molecule has 1 amide bonds. The number of carbonyl (C=O) groups excluding carboxylic acids is 2. The first-order valence-electron chi connectivity index (χ1n) is 11.0. The minimum atomic E-state index is -0.677. The first-order chi connectivity index (χ1) is 16.3. The maximum atomic E-state index is 14.6. The molecule has 3 heterocycles. The number of benzene rings is 2. The van der Waals surface area contributed by atoms with Crippen LogP contribution >= 0.6 is 0 Å². The van der Waals surface area contributed by atoms with Gasteiger partial charge in [-0.25, -0.2) is 8.78 Å². The van der Waals surface area contributed by atoms with Crippen LogP contribution in [0.25, 0.3) is 11.1 Å². The second kappa shape index (κ2) is 8.55. The van der Waals surface area contributed by atoms with E-state index in [1.54, 1.807) is 16.8 Å². The average molecular weight is 467 g/mol. The monoisotopic (exact) mass is 467 g/mol. The summed E-state index contributed by atoms with van der Waals surface area (Å²) in [6.45, 7) is 2.77. The molecule has 0 saturated carbocycles. The maximum absolute atomic E-state index is 14.6. The van der Waals surface area contributed by atoms with Crippen LogP contribution in [-0.2, 0) is 18.3 Å². The van der Waals surface area contributed by atoms with Crippen LogP contribution in [0, 0.1) is 24.5 Å². The van der Waals surface area contributed by atoms with Crippen molar-refractivity contribution < 1.29 is 27.8 Å². The Hall–Kier alpha value is -3.75. The summed E-state index contributed by atoms with van der Waals surface area (Å²) in [7, 11) is 1.81. The summed E-state index contributed by atoms with van der Waals surface area (Å²) in [6, 6.07) is 7.35. The zero-order valence-electron chi connectivity index (χ0n) is 18.8. The topological polar surface area (TPSA) is 73.7 Å². The van der Waals surface area contributed by atoms with Gasteiger partial charge < -0.3 is 14.4 Å². The molecule has 9 heteroatoms. The normalized spacial score (nSPS) is 15.5. The smallest absolute Gasteiger partial charge is 0.256 e. The summed E-state index contributed by atoms with van der Waals surface area (Å²) >= 11 is 0. The fourth-order valence-corrected chi connectivity index (χ4v) is 4.35. The van der Waals surface area contributed by atoms with E-state index in [1.807, 2.05) is 20.2 Å². The molecular weight excluding hydrogens is 444 g/mol. The van der Waals surface area contributed by atoms with Gasteiger partial charge in [-0.15, -0.1) is 0 Å². The van der Waals surface area contributed by atoms with E-state index >= 15 is 0 Å². The standard InChI is InChI=1S/C25H23F2N3O4/c1-14-20(11-29(2)28-14)16-3-4-23(22(27)7-16)33-12-15-9-30(10-15)25(32)19-6-17-5-18(31)13-34-24(17)8-21(19)26/h3-4,6-8,11,15H,5,9-10,12-13H2,1-2H3. The van der Waals surface area contributed by atoms with Crippen molar-refractivity contribution >= 4 is 11.7 Å². The third-order valence-electron chi connectivity index (χ3n) is 6.13. The second-order valence-corrected chi connectivity index (χ2v) is 8.78. The number of hydrogen-bond acceptors (Lipinski definition) is 5. The van der Waals surface area contributed by atoms with Gasteiger partial charge in [0.15, 0.2) is 17.3 Å². The van der Waals surface area contributed by atoms with Crippen LogP contribution in [0.5, 0.6) is 11.5 Å². The van der Waals surface area contributed by atoms with E-state index in [1.165, 1.54) is 17.0 Å². The lowest BCUT2D eigenvalue weighted by Gasteiger charge is -2.39. The Morgan fingerprint density at radius 3 is 2.71 bits per heavy atom. The molecule has 1 aromatic heterocycles. The number of aromatic nitrogens is 2. The number of carbonyl (C=O) groups is 2.